The minimum atomic E-state index is 0.156. The molecule has 0 fully saturated rings. The monoisotopic (exact) mass is 227 g/mol. The maximum absolute atomic E-state index is 11.9. The molecule has 3 rings (SSSR count). The number of hydrogen-bond donors (Lipinski definition) is 0. The van der Waals surface area contributed by atoms with Crippen LogP contribution in [0.4, 0.5) is 0 Å². The molecule has 1 heterocycles. The van der Waals surface area contributed by atoms with Crippen molar-refractivity contribution in [2.45, 2.75) is 26.2 Å². The number of carbonyl (C=O) groups is 1. The fraction of sp³-hybridized carbons (Fsp3) is 0.286. The van der Waals surface area contributed by atoms with Gasteiger partial charge in [0.25, 0.3) is 0 Å². The van der Waals surface area contributed by atoms with Gasteiger partial charge in [-0.2, -0.15) is 0 Å². The second-order valence-electron chi connectivity index (χ2n) is 4.48. The average Bonchev–Trinajstić information content (AvgIpc) is 2.74. The van der Waals surface area contributed by atoms with E-state index >= 15 is 0 Å². The van der Waals surface area contributed by atoms with Gasteiger partial charge in [0.15, 0.2) is 5.78 Å². The fourth-order valence-electron chi connectivity index (χ4n) is 2.31. The number of rotatable bonds is 1. The van der Waals surface area contributed by atoms with E-state index < -0.39 is 0 Å². The Kier molecular flexibility index (Phi) is 2.32. The largest absolute Gasteiger partial charge is 0.360 e. The highest BCUT2D eigenvalue weighted by Gasteiger charge is 2.26. The number of aryl methyl sites for hydroxylation is 2. The highest BCUT2D eigenvalue weighted by molar-refractivity contribution is 6.03. The molecule has 1 aromatic heterocycles. The lowest BCUT2D eigenvalue weighted by Gasteiger charge is -2.08. The summed E-state index contributed by atoms with van der Waals surface area (Å²) < 4.78 is 5.28. The van der Waals surface area contributed by atoms with Crippen LogP contribution in [0.5, 0.6) is 0 Å². The van der Waals surface area contributed by atoms with Crippen molar-refractivity contribution in [2.24, 2.45) is 0 Å². The summed E-state index contributed by atoms with van der Waals surface area (Å²) in [6, 6.07) is 7.99. The standard InChI is InChI=1S/C14H13NO2/c1-9-4-2-5-10(8-9)14-13-11(16)6-3-7-12(13)17-15-14/h2,4-5,8H,3,6-7H2,1H3. The molecule has 0 bridgehead atoms. The Labute approximate surface area is 99.4 Å². The van der Waals surface area contributed by atoms with Crippen LogP contribution in [0.15, 0.2) is 28.8 Å². The molecule has 1 aliphatic carbocycles. The highest BCUT2D eigenvalue weighted by atomic mass is 16.5. The van der Waals surface area contributed by atoms with Gasteiger partial charge >= 0.3 is 0 Å². The summed E-state index contributed by atoms with van der Waals surface area (Å²) in [7, 11) is 0. The summed E-state index contributed by atoms with van der Waals surface area (Å²) in [6.45, 7) is 2.03. The first-order valence-corrected chi connectivity index (χ1v) is 5.84. The van der Waals surface area contributed by atoms with Gasteiger partial charge in [-0.1, -0.05) is 28.9 Å². The molecule has 0 aliphatic heterocycles. The molecule has 2 aromatic rings. The Morgan fingerprint density at radius 1 is 1.29 bits per heavy atom. The van der Waals surface area contributed by atoms with Crippen molar-refractivity contribution in [1.29, 1.82) is 0 Å². The normalized spacial score (nSPS) is 14.8. The number of Topliss-reactive ketones (excluding diaryl/α,β-unsaturated/α-hetero) is 1. The zero-order valence-electron chi connectivity index (χ0n) is 9.69. The molecule has 3 heteroatoms. The third-order valence-corrected chi connectivity index (χ3v) is 3.14. The quantitative estimate of drug-likeness (QED) is 0.751. The number of carbonyl (C=O) groups excluding carboxylic acids is 1. The average molecular weight is 227 g/mol. The third-order valence-electron chi connectivity index (χ3n) is 3.14. The first kappa shape index (κ1) is 10.3. The van der Waals surface area contributed by atoms with E-state index in [2.05, 4.69) is 5.16 Å². The van der Waals surface area contributed by atoms with Crippen molar-refractivity contribution < 1.29 is 9.32 Å². The van der Waals surface area contributed by atoms with Crippen molar-refractivity contribution in [3.63, 3.8) is 0 Å². The van der Waals surface area contributed by atoms with Gasteiger partial charge in [-0.15, -0.1) is 0 Å². The molecule has 0 spiro atoms. The lowest BCUT2D eigenvalue weighted by Crippen LogP contribution is -2.09. The SMILES string of the molecule is Cc1cccc(-c2noc3c2C(=O)CCC3)c1. The maximum Gasteiger partial charge on any atom is 0.168 e. The van der Waals surface area contributed by atoms with Crippen LogP contribution in [0.2, 0.25) is 0 Å². The first-order chi connectivity index (χ1) is 8.25. The zero-order valence-corrected chi connectivity index (χ0v) is 9.69. The Balaban J connectivity index is 2.16. The third kappa shape index (κ3) is 1.68. The molecule has 0 amide bonds. The van der Waals surface area contributed by atoms with Crippen LogP contribution in [-0.4, -0.2) is 10.9 Å². The van der Waals surface area contributed by atoms with Crippen LogP contribution in [0.3, 0.4) is 0 Å². The number of aromatic nitrogens is 1. The number of benzene rings is 1. The van der Waals surface area contributed by atoms with E-state index in [1.807, 2.05) is 31.2 Å². The van der Waals surface area contributed by atoms with Gasteiger partial charge in [0.1, 0.15) is 11.5 Å². The van der Waals surface area contributed by atoms with Crippen molar-refractivity contribution in [3.8, 4) is 11.3 Å². The molecule has 0 atom stereocenters. The number of hydrogen-bond acceptors (Lipinski definition) is 3. The zero-order chi connectivity index (χ0) is 11.8. The van der Waals surface area contributed by atoms with Gasteiger partial charge in [0.05, 0.1) is 5.56 Å². The van der Waals surface area contributed by atoms with Crippen molar-refractivity contribution >= 4 is 5.78 Å². The highest BCUT2D eigenvalue weighted by Crippen LogP contribution is 2.31. The van der Waals surface area contributed by atoms with Crippen LogP contribution in [0.1, 0.15) is 34.5 Å². The first-order valence-electron chi connectivity index (χ1n) is 5.84. The minimum absolute atomic E-state index is 0.156. The summed E-state index contributed by atoms with van der Waals surface area (Å²) >= 11 is 0. The second kappa shape index (κ2) is 3.84. The second-order valence-corrected chi connectivity index (χ2v) is 4.48. The number of nitrogens with zero attached hydrogens (tertiary/aromatic N) is 1. The van der Waals surface area contributed by atoms with Gasteiger partial charge in [0, 0.05) is 18.4 Å². The molecule has 17 heavy (non-hydrogen) atoms. The number of fused-ring (bicyclic) bond motifs is 1. The van der Waals surface area contributed by atoms with Gasteiger partial charge in [-0.05, 0) is 19.4 Å². The van der Waals surface area contributed by atoms with E-state index in [1.54, 1.807) is 0 Å². The molecule has 86 valence electrons. The van der Waals surface area contributed by atoms with Gasteiger partial charge < -0.3 is 4.52 Å². The van der Waals surface area contributed by atoms with E-state index in [4.69, 9.17) is 4.52 Å². The van der Waals surface area contributed by atoms with Gasteiger partial charge in [-0.25, -0.2) is 0 Å². The van der Waals surface area contributed by atoms with E-state index in [1.165, 1.54) is 0 Å². The molecular formula is C14H13NO2. The molecule has 0 unspecified atom stereocenters. The summed E-state index contributed by atoms with van der Waals surface area (Å²) in [5, 5.41) is 4.06. The topological polar surface area (TPSA) is 43.1 Å². The van der Waals surface area contributed by atoms with Crippen LogP contribution in [0, 0.1) is 6.92 Å². The summed E-state index contributed by atoms with van der Waals surface area (Å²) in [6.07, 6.45) is 2.29. The Bertz CT molecular complexity index is 584. The predicted molar refractivity (Wildman–Crippen MR) is 63.9 cm³/mol. The van der Waals surface area contributed by atoms with Crippen molar-refractivity contribution in [2.75, 3.05) is 0 Å². The predicted octanol–water partition coefficient (Wildman–Crippen LogP) is 3.17. The molecule has 0 saturated carbocycles. The molecule has 1 aromatic carbocycles. The van der Waals surface area contributed by atoms with Gasteiger partial charge in [-0.3, -0.25) is 4.79 Å². The molecule has 3 nitrogen and oxygen atoms in total. The summed E-state index contributed by atoms with van der Waals surface area (Å²) in [4.78, 5) is 11.9. The molecule has 1 aliphatic rings. The van der Waals surface area contributed by atoms with Crippen molar-refractivity contribution in [1.82, 2.24) is 5.16 Å². The van der Waals surface area contributed by atoms with Crippen LogP contribution in [0.25, 0.3) is 11.3 Å². The van der Waals surface area contributed by atoms with Gasteiger partial charge in [0.2, 0.25) is 0 Å². The molecule has 0 N–H and O–H groups in total. The van der Waals surface area contributed by atoms with E-state index in [0.29, 0.717) is 17.7 Å². The molecular weight excluding hydrogens is 214 g/mol. The molecule has 0 radical (unpaired) electrons. The summed E-state index contributed by atoms with van der Waals surface area (Å²) in [5.41, 5.74) is 3.52. The van der Waals surface area contributed by atoms with Crippen LogP contribution in [-0.2, 0) is 6.42 Å². The maximum atomic E-state index is 11.9. The van der Waals surface area contributed by atoms with E-state index in [9.17, 15) is 4.79 Å². The summed E-state index contributed by atoms with van der Waals surface area (Å²) in [5.74, 6) is 0.904. The van der Waals surface area contributed by atoms with Crippen LogP contribution < -0.4 is 0 Å². The molecule has 0 saturated heterocycles. The van der Waals surface area contributed by atoms with E-state index in [0.717, 1.165) is 29.7 Å². The van der Waals surface area contributed by atoms with E-state index in [-0.39, 0.29) is 5.78 Å². The smallest absolute Gasteiger partial charge is 0.168 e. The lowest BCUT2D eigenvalue weighted by molar-refractivity contribution is 0.0969. The Morgan fingerprint density at radius 2 is 2.18 bits per heavy atom. The Hall–Kier alpha value is -1.90. The lowest BCUT2D eigenvalue weighted by atomic mass is 9.92. The van der Waals surface area contributed by atoms with Crippen molar-refractivity contribution in [3.05, 3.63) is 41.2 Å². The Morgan fingerprint density at radius 3 is 3.00 bits per heavy atom. The number of ketones is 1. The fourth-order valence-corrected chi connectivity index (χ4v) is 2.31. The minimum Gasteiger partial charge on any atom is -0.360 e. The van der Waals surface area contributed by atoms with Crippen LogP contribution >= 0.6 is 0 Å².